The Balaban J connectivity index is 0.000000247. The van der Waals surface area contributed by atoms with Crippen LogP contribution >= 0.6 is 0 Å². The minimum Gasteiger partial charge on any atom is -0.353 e. The van der Waals surface area contributed by atoms with Crippen molar-refractivity contribution in [3.8, 4) is 0 Å². The molecule has 0 atom stereocenters. The van der Waals surface area contributed by atoms with Gasteiger partial charge in [-0.2, -0.15) is 0 Å². The first-order valence-corrected chi connectivity index (χ1v) is 12.3. The summed E-state index contributed by atoms with van der Waals surface area (Å²) in [6, 6.07) is 10.6. The zero-order valence-electron chi connectivity index (χ0n) is 23.7. The van der Waals surface area contributed by atoms with Gasteiger partial charge in [-0.25, -0.2) is 0 Å². The molecule has 3 heteroatoms. The van der Waals surface area contributed by atoms with E-state index in [0.717, 1.165) is 19.6 Å². The predicted octanol–water partition coefficient (Wildman–Crippen LogP) is 8.53. The Morgan fingerprint density at radius 1 is 0.545 bits per heavy atom. The molecular formula is C30H51N3. The van der Waals surface area contributed by atoms with E-state index in [9.17, 15) is 0 Å². The minimum atomic E-state index is 0.379. The summed E-state index contributed by atoms with van der Waals surface area (Å²) >= 11 is 0. The van der Waals surface area contributed by atoms with E-state index in [4.69, 9.17) is 0 Å². The molecule has 0 spiro atoms. The van der Waals surface area contributed by atoms with E-state index < -0.39 is 0 Å². The molecule has 0 N–H and O–H groups in total. The van der Waals surface area contributed by atoms with Crippen LogP contribution in [0.3, 0.4) is 0 Å². The van der Waals surface area contributed by atoms with Crippen molar-refractivity contribution < 1.29 is 0 Å². The van der Waals surface area contributed by atoms with Gasteiger partial charge in [0.1, 0.15) is 0 Å². The summed E-state index contributed by atoms with van der Waals surface area (Å²) in [7, 11) is 0. The van der Waals surface area contributed by atoms with Crippen molar-refractivity contribution in [1.82, 2.24) is 13.7 Å². The Morgan fingerprint density at radius 2 is 0.939 bits per heavy atom. The van der Waals surface area contributed by atoms with Gasteiger partial charge >= 0.3 is 0 Å². The molecule has 0 unspecified atom stereocenters. The summed E-state index contributed by atoms with van der Waals surface area (Å²) < 4.78 is 6.83. The van der Waals surface area contributed by atoms with Crippen molar-refractivity contribution in [3.05, 3.63) is 72.1 Å². The third kappa shape index (κ3) is 13.2. The summed E-state index contributed by atoms with van der Waals surface area (Å²) in [5, 5.41) is 0. The standard InChI is InChI=1S/3C10H17N/c1-9-5-6-11(7-9)8-10(2,3)4;2*1-9-6-5-7-11(9)8-10(2,3)4/h3*5-7H,8H2,1-4H3. The number of hydrogen-bond acceptors (Lipinski definition) is 0. The highest BCUT2D eigenvalue weighted by molar-refractivity contribution is 5.07. The number of aryl methyl sites for hydroxylation is 3. The molecular weight excluding hydrogens is 402 g/mol. The second-order valence-electron chi connectivity index (χ2n) is 13.1. The first-order valence-electron chi connectivity index (χ1n) is 12.3. The topological polar surface area (TPSA) is 14.8 Å². The molecule has 3 aromatic rings. The molecule has 3 rings (SSSR count). The van der Waals surface area contributed by atoms with E-state index in [2.05, 4.69) is 152 Å². The van der Waals surface area contributed by atoms with Gasteiger partial charge in [0.15, 0.2) is 0 Å². The van der Waals surface area contributed by atoms with Crippen LogP contribution in [-0.4, -0.2) is 13.7 Å². The molecule has 0 aromatic carbocycles. The molecule has 0 saturated heterocycles. The predicted molar refractivity (Wildman–Crippen MR) is 146 cm³/mol. The molecule has 186 valence electrons. The van der Waals surface area contributed by atoms with Crippen LogP contribution in [0.5, 0.6) is 0 Å². The fraction of sp³-hybridized carbons (Fsp3) is 0.600. The highest BCUT2D eigenvalue weighted by atomic mass is 15.0. The number of aromatic nitrogens is 3. The second-order valence-corrected chi connectivity index (χ2v) is 13.1. The lowest BCUT2D eigenvalue weighted by molar-refractivity contribution is 0.341. The van der Waals surface area contributed by atoms with Gasteiger partial charge in [0, 0.05) is 55.8 Å². The third-order valence-electron chi connectivity index (χ3n) is 4.96. The molecule has 0 aliphatic heterocycles. The Labute approximate surface area is 204 Å². The van der Waals surface area contributed by atoms with E-state index in [1.807, 2.05) is 0 Å². The smallest absolute Gasteiger partial charge is 0.0270 e. The van der Waals surface area contributed by atoms with Gasteiger partial charge in [-0.3, -0.25) is 0 Å². The van der Waals surface area contributed by atoms with Crippen LogP contribution < -0.4 is 0 Å². The van der Waals surface area contributed by atoms with E-state index in [1.165, 1.54) is 17.0 Å². The van der Waals surface area contributed by atoms with Crippen molar-refractivity contribution in [1.29, 1.82) is 0 Å². The second kappa shape index (κ2) is 11.8. The van der Waals surface area contributed by atoms with Crippen LogP contribution in [-0.2, 0) is 19.6 Å². The summed E-state index contributed by atoms with van der Waals surface area (Å²) in [5.74, 6) is 0. The Morgan fingerprint density at radius 3 is 1.18 bits per heavy atom. The highest BCUT2D eigenvalue weighted by Crippen LogP contribution is 2.18. The first kappa shape index (κ1) is 28.9. The first-order chi connectivity index (χ1) is 15.0. The lowest BCUT2D eigenvalue weighted by Gasteiger charge is -2.20. The minimum absolute atomic E-state index is 0.379. The van der Waals surface area contributed by atoms with Gasteiger partial charge in [-0.1, -0.05) is 62.3 Å². The molecule has 3 aromatic heterocycles. The lowest BCUT2D eigenvalue weighted by atomic mass is 9.97. The van der Waals surface area contributed by atoms with Crippen LogP contribution in [0, 0.1) is 37.0 Å². The molecule has 3 heterocycles. The maximum Gasteiger partial charge on any atom is 0.0270 e. The molecule has 0 aliphatic carbocycles. The van der Waals surface area contributed by atoms with E-state index in [-0.39, 0.29) is 0 Å². The normalized spacial score (nSPS) is 12.0. The molecule has 33 heavy (non-hydrogen) atoms. The quantitative estimate of drug-likeness (QED) is 0.377. The molecule has 0 bridgehead atoms. The zero-order chi connectivity index (χ0) is 25.4. The monoisotopic (exact) mass is 453 g/mol. The Hall–Kier alpha value is -2.16. The molecule has 0 saturated carbocycles. The van der Waals surface area contributed by atoms with Gasteiger partial charge in [-0.05, 0) is 72.9 Å². The van der Waals surface area contributed by atoms with Crippen LogP contribution in [0.25, 0.3) is 0 Å². The fourth-order valence-electron chi connectivity index (χ4n) is 3.58. The molecule has 0 radical (unpaired) electrons. The van der Waals surface area contributed by atoms with Crippen LogP contribution in [0.4, 0.5) is 0 Å². The van der Waals surface area contributed by atoms with Crippen LogP contribution in [0.15, 0.2) is 55.1 Å². The van der Waals surface area contributed by atoms with Crippen molar-refractivity contribution >= 4 is 0 Å². The summed E-state index contributed by atoms with van der Waals surface area (Å²) in [6.45, 7) is 30.0. The van der Waals surface area contributed by atoms with Gasteiger partial charge in [0.05, 0.1) is 0 Å². The van der Waals surface area contributed by atoms with Crippen molar-refractivity contribution in [2.75, 3.05) is 0 Å². The Bertz CT molecular complexity index is 878. The number of hydrogen-bond donors (Lipinski definition) is 0. The molecule has 0 amide bonds. The van der Waals surface area contributed by atoms with Gasteiger partial charge in [-0.15, -0.1) is 0 Å². The number of nitrogens with zero attached hydrogens (tertiary/aromatic N) is 3. The van der Waals surface area contributed by atoms with Gasteiger partial charge in [0.2, 0.25) is 0 Å². The summed E-state index contributed by atoms with van der Waals surface area (Å²) in [4.78, 5) is 0. The Kier molecular flexibility index (Phi) is 10.3. The number of rotatable bonds is 3. The fourth-order valence-corrected chi connectivity index (χ4v) is 3.58. The summed E-state index contributed by atoms with van der Waals surface area (Å²) in [6.07, 6.45) is 8.60. The maximum absolute atomic E-state index is 2.29. The van der Waals surface area contributed by atoms with E-state index >= 15 is 0 Å². The summed E-state index contributed by atoms with van der Waals surface area (Å²) in [5.41, 5.74) is 5.17. The van der Waals surface area contributed by atoms with Crippen molar-refractivity contribution in [3.63, 3.8) is 0 Å². The SMILES string of the molecule is Cc1cccn1CC(C)(C)C.Cc1cccn1CC(C)(C)C.Cc1ccn(CC(C)(C)C)c1. The third-order valence-corrected chi connectivity index (χ3v) is 4.96. The van der Waals surface area contributed by atoms with Crippen molar-refractivity contribution in [2.45, 2.75) is 103 Å². The highest BCUT2D eigenvalue weighted by Gasteiger charge is 2.12. The van der Waals surface area contributed by atoms with E-state index in [0.29, 0.717) is 16.2 Å². The van der Waals surface area contributed by atoms with Gasteiger partial charge in [0.25, 0.3) is 0 Å². The molecule has 0 aliphatic rings. The maximum atomic E-state index is 2.29. The lowest BCUT2D eigenvalue weighted by Crippen LogP contribution is -2.15. The van der Waals surface area contributed by atoms with Gasteiger partial charge < -0.3 is 13.7 Å². The average Bonchev–Trinajstić information content (AvgIpc) is 3.30. The average molecular weight is 454 g/mol. The van der Waals surface area contributed by atoms with Crippen LogP contribution in [0.2, 0.25) is 0 Å². The van der Waals surface area contributed by atoms with Crippen LogP contribution in [0.1, 0.15) is 79.3 Å². The zero-order valence-corrected chi connectivity index (χ0v) is 23.7. The molecule has 3 nitrogen and oxygen atoms in total. The van der Waals surface area contributed by atoms with Crippen molar-refractivity contribution in [2.24, 2.45) is 16.2 Å². The molecule has 0 fully saturated rings. The largest absolute Gasteiger partial charge is 0.353 e. The van der Waals surface area contributed by atoms with E-state index in [1.54, 1.807) is 0 Å².